The van der Waals surface area contributed by atoms with Crippen molar-refractivity contribution in [1.29, 1.82) is 0 Å². The molecule has 1 atom stereocenters. The van der Waals surface area contributed by atoms with Crippen molar-refractivity contribution >= 4 is 11.9 Å². The van der Waals surface area contributed by atoms with Gasteiger partial charge in [-0.25, -0.2) is 0 Å². The molecular weight excluding hydrogens is 274 g/mol. The lowest BCUT2D eigenvalue weighted by atomic mass is 10.1. The summed E-state index contributed by atoms with van der Waals surface area (Å²) >= 11 is 0. The molecule has 0 unspecified atom stereocenters. The first-order chi connectivity index (χ1) is 9.99. The number of unbranched alkanes of at least 4 members (excludes halogenated alkanes) is 1. The second-order valence-corrected chi connectivity index (χ2v) is 4.60. The van der Waals surface area contributed by atoms with E-state index in [-0.39, 0.29) is 0 Å². The van der Waals surface area contributed by atoms with Gasteiger partial charge in [-0.3, -0.25) is 9.59 Å². The molecule has 1 rings (SSSR count). The van der Waals surface area contributed by atoms with Crippen LogP contribution in [0.25, 0.3) is 0 Å². The third-order valence-electron chi connectivity index (χ3n) is 2.90. The Morgan fingerprint density at radius 3 is 2.62 bits per heavy atom. The number of carboxylic acid groups (broad SMARTS) is 1. The maximum atomic E-state index is 11.9. The number of rotatable bonds is 8. The van der Waals surface area contributed by atoms with E-state index in [9.17, 15) is 9.59 Å². The van der Waals surface area contributed by atoms with Crippen LogP contribution in [0.4, 0.5) is 0 Å². The van der Waals surface area contributed by atoms with Gasteiger partial charge in [-0.15, -0.1) is 0 Å². The first kappa shape index (κ1) is 16.8. The predicted octanol–water partition coefficient (Wildman–Crippen LogP) is 2.08. The standard InChI is InChI=1S/C15H21NO5/c1-4-5-8-21-12-7-6-11(9-13(12)20-3)14(17)16-10(2)15(18)19/h6-7,9-10H,4-5,8H2,1-3H3,(H,16,17)(H,18,19)/t10-/m1/s1. The Bertz CT molecular complexity index is 501. The fraction of sp³-hybridized carbons (Fsp3) is 0.467. The van der Waals surface area contributed by atoms with E-state index in [2.05, 4.69) is 12.2 Å². The number of methoxy groups -OCH3 is 1. The number of benzene rings is 1. The summed E-state index contributed by atoms with van der Waals surface area (Å²) in [6.45, 7) is 4.05. The number of hydrogen-bond donors (Lipinski definition) is 2. The van der Waals surface area contributed by atoms with E-state index in [1.165, 1.54) is 20.1 Å². The molecule has 6 heteroatoms. The Balaban J connectivity index is 2.81. The molecule has 0 radical (unpaired) electrons. The van der Waals surface area contributed by atoms with Crippen molar-refractivity contribution < 1.29 is 24.2 Å². The van der Waals surface area contributed by atoms with Crippen molar-refractivity contribution in [3.63, 3.8) is 0 Å². The monoisotopic (exact) mass is 295 g/mol. The van der Waals surface area contributed by atoms with Crippen LogP contribution in [0.3, 0.4) is 0 Å². The summed E-state index contributed by atoms with van der Waals surface area (Å²) in [5.74, 6) is -0.548. The van der Waals surface area contributed by atoms with Gasteiger partial charge in [-0.05, 0) is 31.5 Å². The number of amides is 1. The Kier molecular flexibility index (Phi) is 6.52. The Labute approximate surface area is 124 Å². The molecular formula is C15H21NO5. The van der Waals surface area contributed by atoms with Gasteiger partial charge in [0, 0.05) is 5.56 Å². The normalized spacial score (nSPS) is 11.6. The largest absolute Gasteiger partial charge is 0.493 e. The third-order valence-corrected chi connectivity index (χ3v) is 2.90. The van der Waals surface area contributed by atoms with Crippen molar-refractivity contribution in [2.45, 2.75) is 32.7 Å². The van der Waals surface area contributed by atoms with Gasteiger partial charge in [0.2, 0.25) is 0 Å². The first-order valence-electron chi connectivity index (χ1n) is 6.84. The lowest BCUT2D eigenvalue weighted by molar-refractivity contribution is -0.138. The van der Waals surface area contributed by atoms with Crippen LogP contribution in [-0.4, -0.2) is 36.7 Å². The van der Waals surface area contributed by atoms with Crippen molar-refractivity contribution in [3.8, 4) is 11.5 Å². The number of ether oxygens (including phenoxy) is 2. The van der Waals surface area contributed by atoms with Gasteiger partial charge < -0.3 is 19.9 Å². The quantitative estimate of drug-likeness (QED) is 0.717. The predicted molar refractivity (Wildman–Crippen MR) is 78.0 cm³/mol. The van der Waals surface area contributed by atoms with Crippen LogP contribution in [0.1, 0.15) is 37.0 Å². The highest BCUT2D eigenvalue weighted by Crippen LogP contribution is 2.28. The number of aliphatic carboxylic acids is 1. The Morgan fingerprint density at radius 2 is 2.05 bits per heavy atom. The zero-order valence-electron chi connectivity index (χ0n) is 12.5. The molecule has 116 valence electrons. The molecule has 0 aliphatic heterocycles. The molecule has 0 fully saturated rings. The molecule has 1 aromatic rings. The van der Waals surface area contributed by atoms with Crippen LogP contribution in [0, 0.1) is 0 Å². The number of carboxylic acids is 1. The van der Waals surface area contributed by atoms with E-state index < -0.39 is 17.9 Å². The highest BCUT2D eigenvalue weighted by molar-refractivity contribution is 5.97. The van der Waals surface area contributed by atoms with E-state index in [4.69, 9.17) is 14.6 Å². The van der Waals surface area contributed by atoms with E-state index in [0.717, 1.165) is 12.8 Å². The van der Waals surface area contributed by atoms with E-state index >= 15 is 0 Å². The molecule has 0 spiro atoms. The number of carbonyl (C=O) groups is 2. The number of nitrogens with one attached hydrogen (secondary N) is 1. The van der Waals surface area contributed by atoms with Gasteiger partial charge in [-0.2, -0.15) is 0 Å². The fourth-order valence-corrected chi connectivity index (χ4v) is 1.60. The smallest absolute Gasteiger partial charge is 0.325 e. The zero-order chi connectivity index (χ0) is 15.8. The van der Waals surface area contributed by atoms with Gasteiger partial charge in [-0.1, -0.05) is 13.3 Å². The van der Waals surface area contributed by atoms with Crippen LogP contribution in [0.2, 0.25) is 0 Å². The maximum Gasteiger partial charge on any atom is 0.325 e. The zero-order valence-corrected chi connectivity index (χ0v) is 12.5. The molecule has 0 aliphatic rings. The second kappa shape index (κ2) is 8.14. The van der Waals surface area contributed by atoms with Gasteiger partial charge in [0.05, 0.1) is 13.7 Å². The average Bonchev–Trinajstić information content (AvgIpc) is 2.47. The van der Waals surface area contributed by atoms with E-state index in [1.807, 2.05) is 0 Å². The lowest BCUT2D eigenvalue weighted by Crippen LogP contribution is -2.38. The minimum Gasteiger partial charge on any atom is -0.493 e. The highest BCUT2D eigenvalue weighted by Gasteiger charge is 2.16. The summed E-state index contributed by atoms with van der Waals surface area (Å²) in [6.07, 6.45) is 1.96. The molecule has 0 saturated carbocycles. The van der Waals surface area contributed by atoms with Crippen LogP contribution < -0.4 is 14.8 Å². The highest BCUT2D eigenvalue weighted by atomic mass is 16.5. The summed E-state index contributed by atoms with van der Waals surface area (Å²) in [4.78, 5) is 22.7. The van der Waals surface area contributed by atoms with Crippen LogP contribution in [-0.2, 0) is 4.79 Å². The van der Waals surface area contributed by atoms with Gasteiger partial charge in [0.1, 0.15) is 6.04 Å². The molecule has 6 nitrogen and oxygen atoms in total. The Hall–Kier alpha value is -2.24. The van der Waals surface area contributed by atoms with Gasteiger partial charge in [0.25, 0.3) is 5.91 Å². The van der Waals surface area contributed by atoms with E-state index in [1.54, 1.807) is 12.1 Å². The molecule has 0 aliphatic carbocycles. The molecule has 0 saturated heterocycles. The van der Waals surface area contributed by atoms with Crippen molar-refractivity contribution in [2.24, 2.45) is 0 Å². The molecule has 0 heterocycles. The minimum atomic E-state index is -1.09. The summed E-state index contributed by atoms with van der Waals surface area (Å²) in [5, 5.41) is 11.2. The lowest BCUT2D eigenvalue weighted by Gasteiger charge is -2.13. The molecule has 1 amide bonds. The molecule has 0 aromatic heterocycles. The topological polar surface area (TPSA) is 84.9 Å². The molecule has 21 heavy (non-hydrogen) atoms. The third kappa shape index (κ3) is 4.98. The van der Waals surface area contributed by atoms with E-state index in [0.29, 0.717) is 23.7 Å². The van der Waals surface area contributed by atoms with Crippen molar-refractivity contribution in [2.75, 3.05) is 13.7 Å². The molecule has 0 bridgehead atoms. The van der Waals surface area contributed by atoms with Gasteiger partial charge in [0.15, 0.2) is 11.5 Å². The molecule has 2 N–H and O–H groups in total. The number of hydrogen-bond acceptors (Lipinski definition) is 4. The SMILES string of the molecule is CCCCOc1ccc(C(=O)N[C@H](C)C(=O)O)cc1OC. The maximum absolute atomic E-state index is 11.9. The van der Waals surface area contributed by atoms with Crippen LogP contribution >= 0.6 is 0 Å². The van der Waals surface area contributed by atoms with Crippen molar-refractivity contribution in [1.82, 2.24) is 5.32 Å². The first-order valence-corrected chi connectivity index (χ1v) is 6.84. The number of carbonyl (C=O) groups excluding carboxylic acids is 1. The van der Waals surface area contributed by atoms with Crippen molar-refractivity contribution in [3.05, 3.63) is 23.8 Å². The van der Waals surface area contributed by atoms with Crippen LogP contribution in [0.5, 0.6) is 11.5 Å². The Morgan fingerprint density at radius 1 is 1.33 bits per heavy atom. The second-order valence-electron chi connectivity index (χ2n) is 4.60. The summed E-state index contributed by atoms with van der Waals surface area (Å²) in [6, 6.07) is 3.80. The average molecular weight is 295 g/mol. The summed E-state index contributed by atoms with van der Waals surface area (Å²) in [7, 11) is 1.49. The van der Waals surface area contributed by atoms with Gasteiger partial charge >= 0.3 is 5.97 Å². The summed E-state index contributed by atoms with van der Waals surface area (Å²) < 4.78 is 10.8. The fourth-order valence-electron chi connectivity index (χ4n) is 1.60. The summed E-state index contributed by atoms with van der Waals surface area (Å²) in [5.41, 5.74) is 0.322. The van der Waals surface area contributed by atoms with Crippen LogP contribution in [0.15, 0.2) is 18.2 Å². The molecule has 1 aromatic carbocycles. The minimum absolute atomic E-state index is 0.322.